The van der Waals surface area contributed by atoms with Crippen molar-refractivity contribution in [2.45, 2.75) is 13.3 Å². The van der Waals surface area contributed by atoms with Crippen molar-refractivity contribution >= 4 is 21.8 Å². The van der Waals surface area contributed by atoms with Gasteiger partial charge in [-0.05, 0) is 42.8 Å². The minimum atomic E-state index is 0. The van der Waals surface area contributed by atoms with Crippen LogP contribution in [0, 0.1) is 0 Å². The van der Waals surface area contributed by atoms with Crippen LogP contribution >= 0.6 is 0 Å². The Balaban J connectivity index is 0.00000121. The molecule has 4 aromatic rings. The molecule has 2 heterocycles. The Bertz CT molecular complexity index is 1010. The van der Waals surface area contributed by atoms with E-state index in [0.717, 1.165) is 51.8 Å². The molecule has 6 heteroatoms. The van der Waals surface area contributed by atoms with E-state index in [0.29, 0.717) is 0 Å². The Morgan fingerprint density at radius 2 is 1.48 bits per heavy atom. The molecular formula is C21H18Cl2N2OZn. The molecule has 3 nitrogen and oxygen atoms in total. The predicted molar refractivity (Wildman–Crippen MR) is 98.3 cm³/mol. The van der Waals surface area contributed by atoms with Gasteiger partial charge < -0.3 is 29.6 Å². The summed E-state index contributed by atoms with van der Waals surface area (Å²) >= 11 is 0. The summed E-state index contributed by atoms with van der Waals surface area (Å²) in [6.45, 7) is 2.84. The van der Waals surface area contributed by atoms with Crippen molar-refractivity contribution in [1.29, 1.82) is 0 Å². The first kappa shape index (κ1) is 23.3. The third kappa shape index (κ3) is 4.96. The molecule has 27 heavy (non-hydrogen) atoms. The standard InChI is InChI=1S/C21H18N2O.2ClH.Zn/c1-2-14-24-18-10-7-15(8-11-18)19-12-9-17-6-5-16-4-3-13-22-20(16)21(17)23-19;;;/h3-13H,2,14H2,1H3;2*1H;/q;;;+2/p-2. The molecule has 0 aliphatic heterocycles. The second-order valence-electron chi connectivity index (χ2n) is 5.78. The monoisotopic (exact) mass is 448 g/mol. The van der Waals surface area contributed by atoms with E-state index in [1.54, 1.807) is 0 Å². The van der Waals surface area contributed by atoms with E-state index in [2.05, 4.69) is 54.4 Å². The molecule has 0 bridgehead atoms. The Kier molecular flexibility index (Phi) is 9.11. The first-order chi connectivity index (χ1) is 11.8. The molecule has 0 unspecified atom stereocenters. The minimum absolute atomic E-state index is 0. The molecule has 0 atom stereocenters. The van der Waals surface area contributed by atoms with E-state index in [1.165, 1.54) is 0 Å². The van der Waals surface area contributed by atoms with Crippen molar-refractivity contribution in [3.05, 3.63) is 66.9 Å². The summed E-state index contributed by atoms with van der Waals surface area (Å²) < 4.78 is 5.64. The van der Waals surface area contributed by atoms with Crippen LogP contribution in [0.15, 0.2) is 66.9 Å². The molecule has 2 aromatic heterocycles. The number of halogens is 2. The number of hydrogen-bond donors (Lipinski definition) is 0. The molecule has 0 radical (unpaired) electrons. The van der Waals surface area contributed by atoms with Crippen LogP contribution in [-0.2, 0) is 19.5 Å². The number of benzene rings is 2. The van der Waals surface area contributed by atoms with Gasteiger partial charge in [0, 0.05) is 22.5 Å². The summed E-state index contributed by atoms with van der Waals surface area (Å²) in [6, 6.07) is 20.5. The number of hydrogen-bond acceptors (Lipinski definition) is 3. The summed E-state index contributed by atoms with van der Waals surface area (Å²) in [6.07, 6.45) is 2.82. The van der Waals surface area contributed by atoms with Crippen LogP contribution in [0.5, 0.6) is 5.75 Å². The van der Waals surface area contributed by atoms with Gasteiger partial charge in [0.2, 0.25) is 0 Å². The van der Waals surface area contributed by atoms with Gasteiger partial charge in [0.1, 0.15) is 5.75 Å². The zero-order valence-corrected chi connectivity index (χ0v) is 19.5. The van der Waals surface area contributed by atoms with Gasteiger partial charge in [-0.15, -0.1) is 0 Å². The molecule has 0 aliphatic carbocycles. The molecule has 0 spiro atoms. The fourth-order valence-electron chi connectivity index (χ4n) is 2.83. The summed E-state index contributed by atoms with van der Waals surface area (Å²) in [5.41, 5.74) is 3.91. The average Bonchev–Trinajstić information content (AvgIpc) is 2.66. The molecule has 4 rings (SSSR count). The summed E-state index contributed by atoms with van der Waals surface area (Å²) in [4.78, 5) is 9.37. The fraction of sp³-hybridized carbons (Fsp3) is 0.143. The first-order valence-electron chi connectivity index (χ1n) is 8.23. The Hall–Kier alpha value is -1.74. The fourth-order valence-corrected chi connectivity index (χ4v) is 2.83. The zero-order valence-electron chi connectivity index (χ0n) is 15.0. The molecule has 134 valence electrons. The number of rotatable bonds is 4. The van der Waals surface area contributed by atoms with Gasteiger partial charge in [-0.2, -0.15) is 0 Å². The Morgan fingerprint density at radius 1 is 0.815 bits per heavy atom. The van der Waals surface area contributed by atoms with Crippen molar-refractivity contribution in [3.63, 3.8) is 0 Å². The Labute approximate surface area is 184 Å². The van der Waals surface area contributed by atoms with Crippen LogP contribution in [-0.4, -0.2) is 16.6 Å². The number of fused-ring (bicyclic) bond motifs is 3. The van der Waals surface area contributed by atoms with Gasteiger partial charge in [0.15, 0.2) is 0 Å². The van der Waals surface area contributed by atoms with Crippen LogP contribution in [0.25, 0.3) is 33.1 Å². The number of aromatic nitrogens is 2. The van der Waals surface area contributed by atoms with Crippen molar-refractivity contribution < 1.29 is 49.0 Å². The molecular weight excluding hydrogens is 433 g/mol. The van der Waals surface area contributed by atoms with Crippen LogP contribution in [0.1, 0.15) is 13.3 Å². The number of pyridine rings is 2. The molecule has 0 saturated carbocycles. The van der Waals surface area contributed by atoms with Crippen molar-refractivity contribution in [3.8, 4) is 17.0 Å². The maximum Gasteiger partial charge on any atom is 2.00 e. The van der Waals surface area contributed by atoms with Crippen molar-refractivity contribution in [2.24, 2.45) is 0 Å². The van der Waals surface area contributed by atoms with E-state index in [9.17, 15) is 0 Å². The maximum absolute atomic E-state index is 5.64. The zero-order chi connectivity index (χ0) is 16.4. The van der Waals surface area contributed by atoms with Gasteiger partial charge in [-0.3, -0.25) is 4.98 Å². The predicted octanol–water partition coefficient (Wildman–Crippen LogP) is -0.756. The quantitative estimate of drug-likeness (QED) is 0.303. The van der Waals surface area contributed by atoms with Crippen LogP contribution in [0.3, 0.4) is 0 Å². The largest absolute Gasteiger partial charge is 2.00 e. The molecule has 0 N–H and O–H groups in total. The smallest absolute Gasteiger partial charge is 1.00 e. The summed E-state index contributed by atoms with van der Waals surface area (Å²) in [7, 11) is 0. The second-order valence-corrected chi connectivity index (χ2v) is 5.78. The van der Waals surface area contributed by atoms with E-state index in [4.69, 9.17) is 9.72 Å². The van der Waals surface area contributed by atoms with Crippen molar-refractivity contribution in [2.75, 3.05) is 6.61 Å². The molecule has 2 aromatic carbocycles. The summed E-state index contributed by atoms with van der Waals surface area (Å²) in [5.74, 6) is 0.897. The van der Waals surface area contributed by atoms with E-state index >= 15 is 0 Å². The van der Waals surface area contributed by atoms with Gasteiger partial charge >= 0.3 is 19.5 Å². The average molecular weight is 451 g/mol. The number of ether oxygens (including phenoxy) is 1. The van der Waals surface area contributed by atoms with E-state index < -0.39 is 0 Å². The number of nitrogens with zero attached hydrogens (tertiary/aromatic N) is 2. The van der Waals surface area contributed by atoms with Crippen LogP contribution in [0.4, 0.5) is 0 Å². The van der Waals surface area contributed by atoms with Crippen molar-refractivity contribution in [1.82, 2.24) is 9.97 Å². The third-order valence-corrected chi connectivity index (χ3v) is 4.06. The maximum atomic E-state index is 5.64. The molecule has 0 fully saturated rings. The molecule has 0 amide bonds. The van der Waals surface area contributed by atoms with Gasteiger partial charge in [-0.1, -0.05) is 31.2 Å². The molecule has 0 saturated heterocycles. The van der Waals surface area contributed by atoms with Gasteiger partial charge in [-0.25, -0.2) is 4.98 Å². The van der Waals surface area contributed by atoms with Gasteiger partial charge in [0.05, 0.1) is 23.3 Å². The minimum Gasteiger partial charge on any atom is -1.00 e. The molecule has 0 aliphatic rings. The second kappa shape index (κ2) is 10.6. The normalized spacial score (nSPS) is 9.81. The van der Waals surface area contributed by atoms with Gasteiger partial charge in [0.25, 0.3) is 0 Å². The summed E-state index contributed by atoms with van der Waals surface area (Å²) in [5, 5.41) is 2.21. The van der Waals surface area contributed by atoms with Crippen LogP contribution < -0.4 is 29.6 Å². The van der Waals surface area contributed by atoms with E-state index in [-0.39, 0.29) is 44.3 Å². The SMILES string of the molecule is CCCOc1ccc(-c2ccc3ccc4cccnc4c3n2)cc1.[Cl-].[Cl-].[Zn+2]. The first-order valence-corrected chi connectivity index (χ1v) is 8.23. The van der Waals surface area contributed by atoms with E-state index in [1.807, 2.05) is 24.4 Å². The topological polar surface area (TPSA) is 35.0 Å². The third-order valence-electron chi connectivity index (χ3n) is 4.06. The Morgan fingerprint density at radius 3 is 2.19 bits per heavy atom. The van der Waals surface area contributed by atoms with Crippen LogP contribution in [0.2, 0.25) is 0 Å².